The molecule has 0 saturated carbocycles. The van der Waals surface area contributed by atoms with E-state index in [1.165, 1.54) is 0 Å². The molecule has 1 aromatic carbocycles. The van der Waals surface area contributed by atoms with E-state index < -0.39 is 11.5 Å². The van der Waals surface area contributed by atoms with Gasteiger partial charge in [-0.05, 0) is 44.9 Å². The van der Waals surface area contributed by atoms with E-state index in [2.05, 4.69) is 0 Å². The Labute approximate surface area is 125 Å². The summed E-state index contributed by atoms with van der Waals surface area (Å²) in [5, 5.41) is 0. The summed E-state index contributed by atoms with van der Waals surface area (Å²) in [4.78, 5) is 25.0. The molecule has 5 heteroatoms. The Hall–Kier alpha value is -2.04. The van der Waals surface area contributed by atoms with E-state index in [0.717, 1.165) is 12.0 Å². The van der Waals surface area contributed by atoms with Crippen molar-refractivity contribution in [3.05, 3.63) is 35.4 Å². The third-order valence-electron chi connectivity index (χ3n) is 3.48. The van der Waals surface area contributed by atoms with E-state index in [4.69, 9.17) is 10.5 Å². The maximum absolute atomic E-state index is 12.0. The fourth-order valence-corrected chi connectivity index (χ4v) is 2.47. The molecule has 1 unspecified atom stereocenters. The van der Waals surface area contributed by atoms with Crippen molar-refractivity contribution in [3.63, 3.8) is 0 Å². The summed E-state index contributed by atoms with van der Waals surface area (Å²) < 4.78 is 5.38. The van der Waals surface area contributed by atoms with E-state index >= 15 is 0 Å². The van der Waals surface area contributed by atoms with Gasteiger partial charge in [-0.25, -0.2) is 4.79 Å². The molecule has 1 fully saturated rings. The summed E-state index contributed by atoms with van der Waals surface area (Å²) >= 11 is 0. The monoisotopic (exact) mass is 290 g/mol. The zero-order chi connectivity index (χ0) is 15.6. The third kappa shape index (κ3) is 3.97. The van der Waals surface area contributed by atoms with E-state index in [1.807, 2.05) is 39.0 Å². The Bertz CT molecular complexity index is 549. The molecule has 0 aliphatic carbocycles. The van der Waals surface area contributed by atoms with Gasteiger partial charge in [-0.2, -0.15) is 0 Å². The minimum atomic E-state index is -0.485. The van der Waals surface area contributed by atoms with Gasteiger partial charge < -0.3 is 15.4 Å². The molecular weight excluding hydrogens is 268 g/mol. The lowest BCUT2D eigenvalue weighted by atomic mass is 9.96. The average Bonchev–Trinajstić information content (AvgIpc) is 2.86. The van der Waals surface area contributed by atoms with Crippen LogP contribution >= 0.6 is 0 Å². The molecule has 5 nitrogen and oxygen atoms in total. The number of carbonyl (C=O) groups excluding carboxylic acids is 2. The Morgan fingerprint density at radius 1 is 1.33 bits per heavy atom. The van der Waals surface area contributed by atoms with E-state index in [9.17, 15) is 9.59 Å². The summed E-state index contributed by atoms with van der Waals surface area (Å²) in [7, 11) is 0. The van der Waals surface area contributed by atoms with Gasteiger partial charge in [0.05, 0.1) is 0 Å². The Balaban J connectivity index is 2.04. The highest BCUT2D eigenvalue weighted by molar-refractivity contribution is 5.92. The summed E-state index contributed by atoms with van der Waals surface area (Å²) in [6, 6.07) is 7.30. The number of primary amides is 1. The van der Waals surface area contributed by atoms with Crippen LogP contribution in [0.5, 0.6) is 0 Å². The number of nitrogens with two attached hydrogens (primary N) is 1. The van der Waals surface area contributed by atoms with Crippen LogP contribution < -0.4 is 5.73 Å². The quantitative estimate of drug-likeness (QED) is 0.909. The molecule has 1 atom stereocenters. The lowest BCUT2D eigenvalue weighted by molar-refractivity contribution is 0.0292. The highest BCUT2D eigenvalue weighted by Crippen LogP contribution is 2.28. The first-order chi connectivity index (χ1) is 9.76. The van der Waals surface area contributed by atoms with Crippen molar-refractivity contribution in [1.29, 1.82) is 0 Å². The van der Waals surface area contributed by atoms with Crippen molar-refractivity contribution in [1.82, 2.24) is 4.90 Å². The van der Waals surface area contributed by atoms with Crippen molar-refractivity contribution in [3.8, 4) is 0 Å². The molecule has 0 radical (unpaired) electrons. The maximum atomic E-state index is 12.0. The van der Waals surface area contributed by atoms with Crippen LogP contribution in [0, 0.1) is 0 Å². The summed E-state index contributed by atoms with van der Waals surface area (Å²) in [5.41, 5.74) is 6.36. The molecule has 0 bridgehead atoms. The minimum Gasteiger partial charge on any atom is -0.444 e. The molecule has 2 amide bonds. The lowest BCUT2D eigenvalue weighted by Gasteiger charge is -2.24. The van der Waals surface area contributed by atoms with Crippen LogP contribution in [0.15, 0.2) is 24.3 Å². The molecule has 114 valence electrons. The van der Waals surface area contributed by atoms with Gasteiger partial charge in [0.25, 0.3) is 0 Å². The number of carbonyl (C=O) groups is 2. The number of hydrogen-bond acceptors (Lipinski definition) is 3. The fourth-order valence-electron chi connectivity index (χ4n) is 2.47. The second-order valence-corrected chi connectivity index (χ2v) is 6.40. The molecule has 1 heterocycles. The van der Waals surface area contributed by atoms with Crippen molar-refractivity contribution in [2.24, 2.45) is 5.73 Å². The van der Waals surface area contributed by atoms with Crippen molar-refractivity contribution in [2.75, 3.05) is 13.1 Å². The van der Waals surface area contributed by atoms with Gasteiger partial charge in [0.2, 0.25) is 5.91 Å². The molecule has 1 aliphatic rings. The Morgan fingerprint density at radius 2 is 2.05 bits per heavy atom. The number of nitrogens with zero attached hydrogens (tertiary/aromatic N) is 1. The zero-order valence-electron chi connectivity index (χ0n) is 12.8. The van der Waals surface area contributed by atoms with Crippen molar-refractivity contribution >= 4 is 12.0 Å². The maximum Gasteiger partial charge on any atom is 0.410 e. The van der Waals surface area contributed by atoms with E-state index in [0.29, 0.717) is 18.7 Å². The van der Waals surface area contributed by atoms with Gasteiger partial charge in [0.1, 0.15) is 5.60 Å². The Kier molecular flexibility index (Phi) is 4.21. The van der Waals surface area contributed by atoms with Gasteiger partial charge in [-0.3, -0.25) is 4.79 Å². The fraction of sp³-hybridized carbons (Fsp3) is 0.500. The van der Waals surface area contributed by atoms with Gasteiger partial charge in [-0.15, -0.1) is 0 Å². The predicted molar refractivity (Wildman–Crippen MR) is 80.1 cm³/mol. The van der Waals surface area contributed by atoms with Gasteiger partial charge in [-0.1, -0.05) is 12.1 Å². The second kappa shape index (κ2) is 5.76. The molecule has 2 rings (SSSR count). The van der Waals surface area contributed by atoms with Crippen LogP contribution in [0.2, 0.25) is 0 Å². The van der Waals surface area contributed by atoms with Crippen LogP contribution in [0.1, 0.15) is 49.0 Å². The van der Waals surface area contributed by atoms with E-state index in [1.54, 1.807) is 11.0 Å². The van der Waals surface area contributed by atoms with Crippen LogP contribution in [-0.2, 0) is 4.74 Å². The highest BCUT2D eigenvalue weighted by Gasteiger charge is 2.30. The molecule has 2 N–H and O–H groups in total. The predicted octanol–water partition coefficient (Wildman–Crippen LogP) is 2.51. The molecule has 0 aromatic heterocycles. The normalized spacial score (nSPS) is 18.6. The van der Waals surface area contributed by atoms with Gasteiger partial charge in [0, 0.05) is 24.6 Å². The first-order valence-corrected chi connectivity index (χ1v) is 7.14. The van der Waals surface area contributed by atoms with Crippen LogP contribution in [0.4, 0.5) is 4.79 Å². The number of likely N-dealkylation sites (tertiary alicyclic amines) is 1. The first-order valence-electron chi connectivity index (χ1n) is 7.14. The molecule has 1 aliphatic heterocycles. The van der Waals surface area contributed by atoms with Gasteiger partial charge in [0.15, 0.2) is 0 Å². The standard InChI is InChI=1S/C16H22N2O3/c1-16(2,3)21-15(20)18-8-7-13(10-18)11-5-4-6-12(9-11)14(17)19/h4-6,9,13H,7-8,10H2,1-3H3,(H2,17,19). The summed E-state index contributed by atoms with van der Waals surface area (Å²) in [6.07, 6.45) is 0.581. The third-order valence-corrected chi connectivity index (χ3v) is 3.48. The van der Waals surface area contributed by atoms with Crippen molar-refractivity contribution in [2.45, 2.75) is 38.7 Å². The highest BCUT2D eigenvalue weighted by atomic mass is 16.6. The number of amides is 2. The largest absolute Gasteiger partial charge is 0.444 e. The van der Waals surface area contributed by atoms with E-state index in [-0.39, 0.29) is 12.0 Å². The molecule has 21 heavy (non-hydrogen) atoms. The average molecular weight is 290 g/mol. The number of ether oxygens (including phenoxy) is 1. The number of rotatable bonds is 2. The van der Waals surface area contributed by atoms with Crippen LogP contribution in [-0.4, -0.2) is 35.6 Å². The Morgan fingerprint density at radius 3 is 2.67 bits per heavy atom. The first kappa shape index (κ1) is 15.4. The number of benzene rings is 1. The summed E-state index contributed by atoms with van der Waals surface area (Å²) in [6.45, 7) is 6.84. The molecule has 1 aromatic rings. The SMILES string of the molecule is CC(C)(C)OC(=O)N1CCC(c2cccc(C(N)=O)c2)C1. The molecule has 1 saturated heterocycles. The second-order valence-electron chi connectivity index (χ2n) is 6.40. The number of hydrogen-bond donors (Lipinski definition) is 1. The van der Waals surface area contributed by atoms with Crippen LogP contribution in [0.3, 0.4) is 0 Å². The lowest BCUT2D eigenvalue weighted by Crippen LogP contribution is -2.35. The zero-order valence-corrected chi connectivity index (χ0v) is 12.8. The summed E-state index contributed by atoms with van der Waals surface area (Å²) in [5.74, 6) is -0.212. The van der Waals surface area contributed by atoms with Crippen molar-refractivity contribution < 1.29 is 14.3 Å². The van der Waals surface area contributed by atoms with Crippen LogP contribution in [0.25, 0.3) is 0 Å². The minimum absolute atomic E-state index is 0.219. The molecule has 0 spiro atoms. The molecular formula is C16H22N2O3. The van der Waals surface area contributed by atoms with Gasteiger partial charge >= 0.3 is 6.09 Å². The topological polar surface area (TPSA) is 72.6 Å². The smallest absolute Gasteiger partial charge is 0.410 e.